The fourth-order valence-electron chi connectivity index (χ4n) is 3.53. The molecule has 3 aliphatic rings. The number of alkyl halides is 3. The van der Waals surface area contributed by atoms with Crippen LogP contribution in [0.2, 0.25) is 0 Å². The Morgan fingerprint density at radius 2 is 1.93 bits per heavy atom. The lowest BCUT2D eigenvalue weighted by atomic mass is 9.92. The van der Waals surface area contributed by atoms with Gasteiger partial charge in [-0.05, 0) is 36.5 Å². The zero-order chi connectivity index (χ0) is 21.2. The monoisotopic (exact) mass is 432 g/mol. The average molecular weight is 432 g/mol. The zero-order valence-corrected chi connectivity index (χ0v) is 16.7. The smallest absolute Gasteiger partial charge is 0.475 e. The summed E-state index contributed by atoms with van der Waals surface area (Å²) in [6, 6.07) is 4.00. The number of amides is 1. The van der Waals surface area contributed by atoms with Gasteiger partial charge in [-0.25, -0.2) is 4.79 Å². The summed E-state index contributed by atoms with van der Waals surface area (Å²) in [4.78, 5) is 27.2. The predicted molar refractivity (Wildman–Crippen MR) is 100 cm³/mol. The van der Waals surface area contributed by atoms with Crippen molar-refractivity contribution in [3.63, 3.8) is 0 Å². The molecule has 10 heteroatoms. The molecule has 3 unspecified atom stereocenters. The molecule has 29 heavy (non-hydrogen) atoms. The topological polar surface area (TPSA) is 79.7 Å². The van der Waals surface area contributed by atoms with Crippen LogP contribution in [0.5, 0.6) is 0 Å². The molecule has 2 saturated heterocycles. The number of hydrogen-bond donors (Lipinski definition) is 1. The number of carboxylic acid groups (broad SMARTS) is 1. The van der Waals surface area contributed by atoms with Crippen LogP contribution < -0.4 is 0 Å². The maximum atomic E-state index is 12.2. The summed E-state index contributed by atoms with van der Waals surface area (Å²) in [6.07, 6.45) is 1.01. The second-order valence-electron chi connectivity index (χ2n) is 7.80. The van der Waals surface area contributed by atoms with E-state index in [1.807, 2.05) is 23.9 Å². The number of thioether (sulfide) groups is 1. The number of ether oxygens (including phenoxy) is 1. The number of likely N-dealkylation sites (tertiary alicyclic amines) is 1. The van der Waals surface area contributed by atoms with Gasteiger partial charge in [0, 0.05) is 37.2 Å². The SMILES string of the molecule is CC1CC1C(=O)N1CC2(CC(OCc3ccncc3)CS2)C1.O=C(O)C(F)(F)F. The van der Waals surface area contributed by atoms with Crippen molar-refractivity contribution >= 4 is 23.6 Å². The molecular weight excluding hydrogens is 409 g/mol. The highest BCUT2D eigenvalue weighted by atomic mass is 32.2. The lowest BCUT2D eigenvalue weighted by Crippen LogP contribution is -2.61. The molecule has 0 bridgehead atoms. The van der Waals surface area contributed by atoms with Gasteiger partial charge in [-0.15, -0.1) is 11.8 Å². The minimum atomic E-state index is -5.08. The molecule has 0 radical (unpaired) electrons. The first-order valence-electron chi connectivity index (χ1n) is 9.33. The third kappa shape index (κ3) is 5.63. The minimum absolute atomic E-state index is 0.275. The number of carbonyl (C=O) groups is 2. The molecule has 1 amide bonds. The van der Waals surface area contributed by atoms with Crippen LogP contribution in [-0.4, -0.2) is 62.7 Å². The number of carboxylic acids is 1. The Labute approximate surface area is 170 Å². The highest BCUT2D eigenvalue weighted by molar-refractivity contribution is 8.01. The molecule has 3 heterocycles. The number of aromatic nitrogens is 1. The molecule has 1 N–H and O–H groups in total. The Morgan fingerprint density at radius 3 is 2.45 bits per heavy atom. The second-order valence-corrected chi connectivity index (χ2v) is 9.29. The van der Waals surface area contributed by atoms with Crippen LogP contribution >= 0.6 is 11.8 Å². The Hall–Kier alpha value is -1.81. The van der Waals surface area contributed by atoms with Gasteiger partial charge in [0.2, 0.25) is 5.91 Å². The largest absolute Gasteiger partial charge is 0.490 e. The van der Waals surface area contributed by atoms with E-state index in [9.17, 15) is 18.0 Å². The van der Waals surface area contributed by atoms with E-state index in [2.05, 4.69) is 16.8 Å². The van der Waals surface area contributed by atoms with Gasteiger partial charge in [-0.2, -0.15) is 13.2 Å². The number of pyridine rings is 1. The molecule has 160 valence electrons. The first-order valence-corrected chi connectivity index (χ1v) is 10.3. The van der Waals surface area contributed by atoms with E-state index in [1.165, 1.54) is 5.56 Å². The first kappa shape index (κ1) is 21.9. The lowest BCUT2D eigenvalue weighted by Gasteiger charge is -2.47. The van der Waals surface area contributed by atoms with Crippen molar-refractivity contribution in [2.75, 3.05) is 18.8 Å². The average Bonchev–Trinajstić information content (AvgIpc) is 3.21. The van der Waals surface area contributed by atoms with Gasteiger partial charge in [0.1, 0.15) is 0 Å². The van der Waals surface area contributed by atoms with E-state index < -0.39 is 12.1 Å². The van der Waals surface area contributed by atoms with Crippen LogP contribution in [0.1, 0.15) is 25.3 Å². The van der Waals surface area contributed by atoms with Crippen molar-refractivity contribution in [2.24, 2.45) is 11.8 Å². The number of halogens is 3. The molecule has 1 saturated carbocycles. The summed E-state index contributed by atoms with van der Waals surface area (Å²) in [7, 11) is 0. The predicted octanol–water partition coefficient (Wildman–Crippen LogP) is 2.97. The molecule has 1 aliphatic carbocycles. The highest BCUT2D eigenvalue weighted by Crippen LogP contribution is 2.48. The number of hydrogen-bond acceptors (Lipinski definition) is 5. The summed E-state index contributed by atoms with van der Waals surface area (Å²) >= 11 is 2.00. The number of nitrogens with zero attached hydrogens (tertiary/aromatic N) is 2. The Morgan fingerprint density at radius 1 is 1.34 bits per heavy atom. The summed E-state index contributed by atoms with van der Waals surface area (Å²) in [5.74, 6) is -0.390. The van der Waals surface area contributed by atoms with Crippen molar-refractivity contribution in [3.05, 3.63) is 30.1 Å². The molecule has 6 nitrogen and oxygen atoms in total. The minimum Gasteiger partial charge on any atom is -0.475 e. The first-order chi connectivity index (χ1) is 13.6. The van der Waals surface area contributed by atoms with Crippen LogP contribution in [0.3, 0.4) is 0 Å². The summed E-state index contributed by atoms with van der Waals surface area (Å²) in [6.45, 7) is 4.68. The van der Waals surface area contributed by atoms with Crippen molar-refractivity contribution in [1.82, 2.24) is 9.88 Å². The Balaban J connectivity index is 0.000000298. The van der Waals surface area contributed by atoms with Crippen molar-refractivity contribution in [2.45, 2.75) is 43.4 Å². The zero-order valence-electron chi connectivity index (χ0n) is 15.9. The fourth-order valence-corrected chi connectivity index (χ4v) is 5.08. The molecule has 1 aromatic rings. The standard InChI is InChI=1S/C17H22N2O2S.C2HF3O2/c1-12-6-15(12)16(20)19-10-17(11-19)7-14(9-22-17)21-8-13-2-4-18-5-3-13;3-2(4,5)1(6)7/h2-5,12,14-15H,6-11H2,1H3;(H,6,7). The van der Waals surface area contributed by atoms with E-state index in [-0.39, 0.29) is 4.75 Å². The summed E-state index contributed by atoms with van der Waals surface area (Å²) in [5.41, 5.74) is 1.18. The van der Waals surface area contributed by atoms with Crippen LogP contribution in [0.15, 0.2) is 24.5 Å². The number of aliphatic carboxylic acids is 1. The van der Waals surface area contributed by atoms with E-state index in [4.69, 9.17) is 14.6 Å². The maximum absolute atomic E-state index is 12.2. The van der Waals surface area contributed by atoms with Crippen molar-refractivity contribution < 1.29 is 32.6 Å². The van der Waals surface area contributed by atoms with Crippen molar-refractivity contribution in [1.29, 1.82) is 0 Å². The fraction of sp³-hybridized carbons (Fsp3) is 0.632. The van der Waals surface area contributed by atoms with E-state index >= 15 is 0 Å². The number of carbonyl (C=O) groups excluding carboxylic acids is 1. The van der Waals surface area contributed by atoms with Gasteiger partial charge in [-0.1, -0.05) is 6.92 Å². The third-order valence-electron chi connectivity index (χ3n) is 5.35. The molecule has 1 spiro atoms. The molecule has 3 atom stereocenters. The molecule has 1 aromatic heterocycles. The quantitative estimate of drug-likeness (QED) is 0.788. The van der Waals surface area contributed by atoms with E-state index in [0.717, 1.165) is 31.7 Å². The number of rotatable bonds is 4. The van der Waals surface area contributed by atoms with Crippen LogP contribution in [0.25, 0.3) is 0 Å². The molecule has 3 fully saturated rings. The summed E-state index contributed by atoms with van der Waals surface area (Å²) < 4.78 is 38.1. The third-order valence-corrected chi connectivity index (χ3v) is 6.92. The van der Waals surface area contributed by atoms with Crippen molar-refractivity contribution in [3.8, 4) is 0 Å². The van der Waals surface area contributed by atoms with Gasteiger partial charge in [0.05, 0.1) is 17.5 Å². The van der Waals surface area contributed by atoms with Crippen LogP contribution in [0, 0.1) is 11.8 Å². The van der Waals surface area contributed by atoms with Crippen LogP contribution in [-0.2, 0) is 20.9 Å². The molecule has 0 aromatic carbocycles. The summed E-state index contributed by atoms with van der Waals surface area (Å²) in [5, 5.41) is 7.12. The maximum Gasteiger partial charge on any atom is 0.490 e. The molecule has 2 aliphatic heterocycles. The van der Waals surface area contributed by atoms with Gasteiger partial charge in [0.25, 0.3) is 0 Å². The van der Waals surface area contributed by atoms with E-state index in [1.54, 1.807) is 12.4 Å². The lowest BCUT2D eigenvalue weighted by molar-refractivity contribution is -0.192. The molecular formula is C19H23F3N2O4S. The highest BCUT2D eigenvalue weighted by Gasteiger charge is 2.53. The van der Waals surface area contributed by atoms with Gasteiger partial charge >= 0.3 is 12.1 Å². The molecule has 4 rings (SSSR count). The normalized spacial score (nSPS) is 27.0. The van der Waals surface area contributed by atoms with Crippen LogP contribution in [0.4, 0.5) is 13.2 Å². The van der Waals surface area contributed by atoms with Gasteiger partial charge in [-0.3, -0.25) is 9.78 Å². The van der Waals surface area contributed by atoms with Gasteiger partial charge < -0.3 is 14.7 Å². The van der Waals surface area contributed by atoms with Gasteiger partial charge in [0.15, 0.2) is 0 Å². The Bertz CT molecular complexity index is 741. The second kappa shape index (κ2) is 8.51. The Kier molecular flexibility index (Phi) is 6.42. The van der Waals surface area contributed by atoms with E-state index in [0.29, 0.717) is 30.5 Å².